The van der Waals surface area contributed by atoms with Gasteiger partial charge in [0, 0.05) is 18.6 Å². The van der Waals surface area contributed by atoms with Gasteiger partial charge in [-0.15, -0.1) is 0 Å². The van der Waals surface area contributed by atoms with Gasteiger partial charge in [0.1, 0.15) is 11.7 Å². The molecule has 3 rings (SSSR count). The number of benzene rings is 1. The highest BCUT2D eigenvalue weighted by Gasteiger charge is 2.39. The number of nitriles is 1. The fourth-order valence-electron chi connectivity index (χ4n) is 2.47. The van der Waals surface area contributed by atoms with E-state index in [0.717, 1.165) is 6.42 Å². The molecule has 8 heteroatoms. The van der Waals surface area contributed by atoms with Crippen molar-refractivity contribution in [3.8, 4) is 17.6 Å². The van der Waals surface area contributed by atoms with Gasteiger partial charge in [0.15, 0.2) is 18.1 Å². The Bertz CT molecular complexity index is 651. The number of nitrogens with zero attached hydrogens (tertiary/aromatic N) is 1. The summed E-state index contributed by atoms with van der Waals surface area (Å²) in [6.07, 6.45) is 2.63. The van der Waals surface area contributed by atoms with Crippen LogP contribution in [0.15, 0.2) is 24.3 Å². The Balaban J connectivity index is 1.87. The third-order valence-electron chi connectivity index (χ3n) is 3.55. The smallest absolute Gasteiger partial charge is 0.387 e. The topological polar surface area (TPSA) is 72.7 Å². The molecule has 1 unspecified atom stereocenters. The van der Waals surface area contributed by atoms with E-state index < -0.39 is 12.2 Å². The molecule has 0 aliphatic carbocycles. The van der Waals surface area contributed by atoms with Crippen molar-refractivity contribution in [1.82, 2.24) is 5.48 Å². The molecule has 6 nitrogen and oxygen atoms in total. The van der Waals surface area contributed by atoms with Crippen LogP contribution in [-0.4, -0.2) is 32.0 Å². The second kappa shape index (κ2) is 6.40. The average Bonchev–Trinajstić information content (AvgIpc) is 3.16. The number of ether oxygens (including phenoxy) is 3. The molecule has 122 valence electrons. The molecule has 1 saturated heterocycles. The maximum Gasteiger partial charge on any atom is 0.387 e. The first-order valence-corrected chi connectivity index (χ1v) is 6.95. The van der Waals surface area contributed by atoms with Crippen LogP contribution < -0.4 is 15.0 Å². The van der Waals surface area contributed by atoms with Gasteiger partial charge in [-0.3, -0.25) is 10.3 Å². The standard InChI is InChI=1S/C15H14F2N2O4/c16-14(17)22-12-2-1-10(7-13(12)21-6-4-18)11-8-15(23-19-11)3-5-20-9-15/h1-2,7-8,14,19H,3,5-6,9H2. The third-order valence-corrected chi connectivity index (χ3v) is 3.55. The van der Waals surface area contributed by atoms with Crippen molar-refractivity contribution in [2.24, 2.45) is 0 Å². The van der Waals surface area contributed by atoms with E-state index in [2.05, 4.69) is 10.2 Å². The lowest BCUT2D eigenvalue weighted by Crippen LogP contribution is -2.29. The molecule has 0 aromatic heterocycles. The molecule has 1 fully saturated rings. The number of halogens is 2. The number of rotatable bonds is 5. The molecule has 0 saturated carbocycles. The van der Waals surface area contributed by atoms with E-state index in [9.17, 15) is 8.78 Å². The molecule has 2 aliphatic rings. The number of nitrogens with one attached hydrogen (secondary N) is 1. The minimum Gasteiger partial charge on any atom is -0.475 e. The van der Waals surface area contributed by atoms with Gasteiger partial charge >= 0.3 is 6.61 Å². The molecule has 1 atom stereocenters. The van der Waals surface area contributed by atoms with Gasteiger partial charge in [-0.05, 0) is 24.3 Å². The van der Waals surface area contributed by atoms with Crippen molar-refractivity contribution < 1.29 is 27.8 Å². The van der Waals surface area contributed by atoms with Crippen molar-refractivity contribution in [2.45, 2.75) is 18.6 Å². The van der Waals surface area contributed by atoms with Crippen LogP contribution >= 0.6 is 0 Å². The fourth-order valence-corrected chi connectivity index (χ4v) is 2.47. The zero-order valence-corrected chi connectivity index (χ0v) is 12.1. The summed E-state index contributed by atoms with van der Waals surface area (Å²) in [5.74, 6) is -0.0619. The molecule has 2 aliphatic heterocycles. The molecular formula is C15H14F2N2O4. The molecule has 0 bridgehead atoms. The monoisotopic (exact) mass is 324 g/mol. The first-order chi connectivity index (χ1) is 11.1. The molecule has 1 spiro atoms. The quantitative estimate of drug-likeness (QED) is 0.895. The Morgan fingerprint density at radius 1 is 1.39 bits per heavy atom. The largest absolute Gasteiger partial charge is 0.475 e. The summed E-state index contributed by atoms with van der Waals surface area (Å²) in [6.45, 7) is -2.18. The van der Waals surface area contributed by atoms with Gasteiger partial charge in [-0.2, -0.15) is 14.0 Å². The minimum atomic E-state index is -2.98. The van der Waals surface area contributed by atoms with E-state index >= 15 is 0 Å². The van der Waals surface area contributed by atoms with Gasteiger partial charge in [0.2, 0.25) is 0 Å². The number of hydrogen-bond acceptors (Lipinski definition) is 6. The van der Waals surface area contributed by atoms with Crippen molar-refractivity contribution in [3.05, 3.63) is 29.8 Å². The SMILES string of the molecule is N#CCOc1cc(C2=CC3(CCOC3)ON2)ccc1OC(F)F. The van der Waals surface area contributed by atoms with Crippen molar-refractivity contribution in [2.75, 3.05) is 19.8 Å². The lowest BCUT2D eigenvalue weighted by Gasteiger charge is -2.15. The Morgan fingerprint density at radius 3 is 2.96 bits per heavy atom. The van der Waals surface area contributed by atoms with Crippen molar-refractivity contribution in [1.29, 1.82) is 5.26 Å². The summed E-state index contributed by atoms with van der Waals surface area (Å²) >= 11 is 0. The van der Waals surface area contributed by atoms with Crippen LogP contribution in [0.25, 0.3) is 5.70 Å². The maximum absolute atomic E-state index is 12.4. The fraction of sp³-hybridized carbons (Fsp3) is 0.400. The van der Waals surface area contributed by atoms with Gasteiger partial charge < -0.3 is 14.2 Å². The molecule has 1 N–H and O–H groups in total. The summed E-state index contributed by atoms with van der Waals surface area (Å²) in [5.41, 5.74) is 3.67. The van der Waals surface area contributed by atoms with Crippen molar-refractivity contribution >= 4 is 5.70 Å². The molecule has 0 radical (unpaired) electrons. The Morgan fingerprint density at radius 2 is 2.26 bits per heavy atom. The summed E-state index contributed by atoms with van der Waals surface area (Å²) in [4.78, 5) is 5.57. The summed E-state index contributed by atoms with van der Waals surface area (Å²) < 4.78 is 39.7. The Hall–Kier alpha value is -2.37. The van der Waals surface area contributed by atoms with Crippen molar-refractivity contribution in [3.63, 3.8) is 0 Å². The lowest BCUT2D eigenvalue weighted by atomic mass is 10.0. The average molecular weight is 324 g/mol. The van der Waals surface area contributed by atoms with E-state index in [1.54, 1.807) is 12.1 Å². The number of hydroxylamine groups is 1. The van der Waals surface area contributed by atoms with E-state index in [-0.39, 0.29) is 18.1 Å². The van der Waals surface area contributed by atoms with Crippen LogP contribution in [0.2, 0.25) is 0 Å². The highest BCUT2D eigenvalue weighted by molar-refractivity contribution is 5.68. The molecule has 1 aromatic carbocycles. The van der Waals surface area contributed by atoms with Gasteiger partial charge in [0.25, 0.3) is 0 Å². The second-order valence-corrected chi connectivity index (χ2v) is 5.12. The van der Waals surface area contributed by atoms with Gasteiger partial charge in [-0.1, -0.05) is 0 Å². The number of hydrogen-bond donors (Lipinski definition) is 1. The summed E-state index contributed by atoms with van der Waals surface area (Å²) in [6, 6.07) is 6.28. The van der Waals surface area contributed by atoms with E-state index in [0.29, 0.717) is 24.5 Å². The first kappa shape index (κ1) is 15.5. The maximum atomic E-state index is 12.4. The first-order valence-electron chi connectivity index (χ1n) is 6.95. The number of alkyl halides is 2. The zero-order chi connectivity index (χ0) is 16.3. The molecular weight excluding hydrogens is 310 g/mol. The van der Waals surface area contributed by atoms with E-state index in [1.165, 1.54) is 12.1 Å². The highest BCUT2D eigenvalue weighted by Crippen LogP contribution is 2.36. The van der Waals surface area contributed by atoms with Crippen LogP contribution in [0.1, 0.15) is 12.0 Å². The third kappa shape index (κ3) is 3.36. The van der Waals surface area contributed by atoms with Crippen LogP contribution in [0.3, 0.4) is 0 Å². The van der Waals surface area contributed by atoms with Gasteiger partial charge in [-0.25, -0.2) is 0 Å². The summed E-state index contributed by atoms with van der Waals surface area (Å²) in [5, 5.41) is 8.60. The molecule has 23 heavy (non-hydrogen) atoms. The predicted octanol–water partition coefficient (Wildman–Crippen LogP) is 2.23. The van der Waals surface area contributed by atoms with Crippen LogP contribution in [0.5, 0.6) is 11.5 Å². The Labute approximate surface area is 131 Å². The minimum absolute atomic E-state index is 0.0654. The lowest BCUT2D eigenvalue weighted by molar-refractivity contribution is -0.0513. The van der Waals surface area contributed by atoms with Crippen LogP contribution in [0.4, 0.5) is 8.78 Å². The second-order valence-electron chi connectivity index (χ2n) is 5.12. The zero-order valence-electron chi connectivity index (χ0n) is 12.1. The normalized spacial score (nSPS) is 22.8. The van der Waals surface area contributed by atoms with E-state index in [1.807, 2.05) is 6.08 Å². The van der Waals surface area contributed by atoms with Gasteiger partial charge in [0.05, 0.1) is 12.3 Å². The molecule has 0 amide bonds. The predicted molar refractivity (Wildman–Crippen MR) is 74.5 cm³/mol. The van der Waals surface area contributed by atoms with Crippen LogP contribution in [0, 0.1) is 11.3 Å². The van der Waals surface area contributed by atoms with E-state index in [4.69, 9.17) is 19.6 Å². The summed E-state index contributed by atoms with van der Waals surface area (Å²) in [7, 11) is 0. The van der Waals surface area contributed by atoms with Crippen LogP contribution in [-0.2, 0) is 9.57 Å². The molecule has 1 aromatic rings. The molecule has 2 heterocycles. The highest BCUT2D eigenvalue weighted by atomic mass is 19.3. The Kier molecular flexibility index (Phi) is 4.32.